The molecule has 0 aliphatic carbocycles. The van der Waals surface area contributed by atoms with Crippen LogP contribution in [0.3, 0.4) is 0 Å². The lowest BCUT2D eigenvalue weighted by Gasteiger charge is -2.04. The molecule has 0 aliphatic rings. The lowest BCUT2D eigenvalue weighted by Crippen LogP contribution is -2.19. The van der Waals surface area contributed by atoms with Crippen molar-refractivity contribution in [1.82, 2.24) is 5.43 Å². The van der Waals surface area contributed by atoms with Gasteiger partial charge in [-0.1, -0.05) is 0 Å². The van der Waals surface area contributed by atoms with Crippen LogP contribution in [0, 0.1) is 13.8 Å². The number of aryl methyl sites for hydroxylation is 2. The fraction of sp³-hybridized carbons (Fsp3) is 0.235. The standard InChI is InChI=1S/C17H18N2O4/c1-10-9-16(12(3)22-10)17(21)19-18-11(2)14-5-7-15(8-6-14)23-13(4)20/h5-9H,1-4H3,(H,19,21)/b18-11+. The van der Waals surface area contributed by atoms with Crippen LogP contribution in [0.1, 0.15) is 41.3 Å². The summed E-state index contributed by atoms with van der Waals surface area (Å²) in [4.78, 5) is 22.9. The van der Waals surface area contributed by atoms with Gasteiger partial charge in [0.15, 0.2) is 0 Å². The first-order valence-corrected chi connectivity index (χ1v) is 7.07. The van der Waals surface area contributed by atoms with Gasteiger partial charge in [0.1, 0.15) is 17.3 Å². The number of hydrogen-bond donors (Lipinski definition) is 1. The molecule has 1 aromatic carbocycles. The van der Waals surface area contributed by atoms with E-state index in [4.69, 9.17) is 9.15 Å². The Morgan fingerprint density at radius 2 is 1.78 bits per heavy atom. The summed E-state index contributed by atoms with van der Waals surface area (Å²) in [7, 11) is 0. The van der Waals surface area contributed by atoms with E-state index in [1.807, 2.05) is 0 Å². The summed E-state index contributed by atoms with van der Waals surface area (Å²) in [6.45, 7) is 6.62. The van der Waals surface area contributed by atoms with Crippen LogP contribution in [-0.4, -0.2) is 17.6 Å². The van der Waals surface area contributed by atoms with Crippen molar-refractivity contribution in [3.8, 4) is 5.75 Å². The molecule has 1 amide bonds. The first kappa shape index (κ1) is 16.5. The average Bonchev–Trinajstić information content (AvgIpc) is 2.83. The second-order valence-electron chi connectivity index (χ2n) is 5.08. The second kappa shape index (κ2) is 6.91. The number of ether oxygens (including phenoxy) is 1. The van der Waals surface area contributed by atoms with Crippen LogP contribution >= 0.6 is 0 Å². The van der Waals surface area contributed by atoms with Gasteiger partial charge in [0.25, 0.3) is 5.91 Å². The van der Waals surface area contributed by atoms with Crippen molar-refractivity contribution in [2.75, 3.05) is 0 Å². The highest BCUT2D eigenvalue weighted by molar-refractivity contribution is 6.01. The highest BCUT2D eigenvalue weighted by atomic mass is 16.5. The molecule has 120 valence electrons. The van der Waals surface area contributed by atoms with Crippen LogP contribution in [-0.2, 0) is 4.79 Å². The summed E-state index contributed by atoms with van der Waals surface area (Å²) in [5.41, 5.74) is 4.40. The van der Waals surface area contributed by atoms with Crippen LogP contribution < -0.4 is 10.2 Å². The number of rotatable bonds is 4. The smallest absolute Gasteiger partial charge is 0.308 e. The molecule has 6 nitrogen and oxygen atoms in total. The molecule has 0 spiro atoms. The fourth-order valence-electron chi connectivity index (χ4n) is 2.05. The Morgan fingerprint density at radius 1 is 1.13 bits per heavy atom. The van der Waals surface area contributed by atoms with E-state index in [-0.39, 0.29) is 11.9 Å². The first-order chi connectivity index (χ1) is 10.9. The molecule has 0 aliphatic heterocycles. The summed E-state index contributed by atoms with van der Waals surface area (Å²) in [6.07, 6.45) is 0. The number of amides is 1. The molecular weight excluding hydrogens is 296 g/mol. The lowest BCUT2D eigenvalue weighted by atomic mass is 10.1. The van der Waals surface area contributed by atoms with Gasteiger partial charge in [0, 0.05) is 6.92 Å². The fourth-order valence-corrected chi connectivity index (χ4v) is 2.05. The molecule has 1 aromatic heterocycles. The lowest BCUT2D eigenvalue weighted by molar-refractivity contribution is -0.131. The van der Waals surface area contributed by atoms with E-state index in [0.29, 0.717) is 28.5 Å². The quantitative estimate of drug-likeness (QED) is 0.407. The van der Waals surface area contributed by atoms with Crippen molar-refractivity contribution >= 4 is 17.6 Å². The first-order valence-electron chi connectivity index (χ1n) is 7.07. The minimum atomic E-state index is -0.374. The molecule has 0 fully saturated rings. The topological polar surface area (TPSA) is 80.9 Å². The molecule has 1 heterocycles. The molecule has 0 radical (unpaired) electrons. The Morgan fingerprint density at radius 3 is 2.30 bits per heavy atom. The minimum absolute atomic E-state index is 0.324. The third kappa shape index (κ3) is 4.29. The Kier molecular flexibility index (Phi) is 4.95. The average molecular weight is 314 g/mol. The number of carbonyl (C=O) groups is 2. The third-order valence-corrected chi connectivity index (χ3v) is 3.14. The number of nitrogens with one attached hydrogen (secondary N) is 1. The van der Waals surface area contributed by atoms with Crippen LogP contribution in [0.4, 0.5) is 0 Å². The summed E-state index contributed by atoms with van der Waals surface area (Å²) >= 11 is 0. The predicted molar refractivity (Wildman–Crippen MR) is 85.6 cm³/mol. The van der Waals surface area contributed by atoms with Gasteiger partial charge >= 0.3 is 5.97 Å². The molecule has 23 heavy (non-hydrogen) atoms. The molecule has 2 aromatic rings. The van der Waals surface area contributed by atoms with Gasteiger partial charge in [-0.2, -0.15) is 5.10 Å². The van der Waals surface area contributed by atoms with Crippen LogP contribution in [0.2, 0.25) is 0 Å². The number of carbonyl (C=O) groups excluding carboxylic acids is 2. The Hall–Kier alpha value is -2.89. The zero-order chi connectivity index (χ0) is 17.0. The second-order valence-corrected chi connectivity index (χ2v) is 5.08. The Balaban J connectivity index is 2.06. The molecule has 2 rings (SSSR count). The highest BCUT2D eigenvalue weighted by Crippen LogP contribution is 2.14. The summed E-state index contributed by atoms with van der Waals surface area (Å²) in [5.74, 6) is 0.993. The van der Waals surface area contributed by atoms with Crippen LogP contribution in [0.15, 0.2) is 39.9 Å². The Bertz CT molecular complexity index is 757. The number of benzene rings is 1. The number of esters is 1. The van der Waals surface area contributed by atoms with E-state index in [9.17, 15) is 9.59 Å². The predicted octanol–water partition coefficient (Wildman–Crippen LogP) is 2.98. The van der Waals surface area contributed by atoms with Crippen molar-refractivity contribution in [2.24, 2.45) is 5.10 Å². The minimum Gasteiger partial charge on any atom is -0.466 e. The SMILES string of the molecule is CC(=O)Oc1ccc(/C(C)=N/NC(=O)c2cc(C)oc2C)cc1. The number of hydrogen-bond acceptors (Lipinski definition) is 5. The van der Waals surface area contributed by atoms with Crippen molar-refractivity contribution in [2.45, 2.75) is 27.7 Å². The molecule has 0 saturated heterocycles. The molecule has 0 bridgehead atoms. The van der Waals surface area contributed by atoms with Gasteiger partial charge in [0.2, 0.25) is 0 Å². The van der Waals surface area contributed by atoms with E-state index in [1.165, 1.54) is 6.92 Å². The van der Waals surface area contributed by atoms with Gasteiger partial charge in [-0.25, -0.2) is 5.43 Å². The van der Waals surface area contributed by atoms with Crippen LogP contribution in [0.5, 0.6) is 5.75 Å². The number of furan rings is 1. The van der Waals surface area contributed by atoms with E-state index in [0.717, 1.165) is 5.56 Å². The van der Waals surface area contributed by atoms with Crippen molar-refractivity contribution in [1.29, 1.82) is 0 Å². The molecular formula is C17H18N2O4. The maximum atomic E-state index is 12.1. The van der Waals surface area contributed by atoms with E-state index in [1.54, 1.807) is 51.1 Å². The monoisotopic (exact) mass is 314 g/mol. The zero-order valence-corrected chi connectivity index (χ0v) is 13.5. The largest absolute Gasteiger partial charge is 0.466 e. The summed E-state index contributed by atoms with van der Waals surface area (Å²) < 4.78 is 10.3. The zero-order valence-electron chi connectivity index (χ0n) is 13.5. The van der Waals surface area contributed by atoms with Crippen molar-refractivity contribution < 1.29 is 18.7 Å². The molecule has 0 saturated carbocycles. The normalized spacial score (nSPS) is 11.2. The molecule has 0 atom stereocenters. The summed E-state index contributed by atoms with van der Waals surface area (Å²) in [6, 6.07) is 8.53. The van der Waals surface area contributed by atoms with E-state index in [2.05, 4.69) is 10.5 Å². The maximum Gasteiger partial charge on any atom is 0.308 e. The van der Waals surface area contributed by atoms with Crippen LogP contribution in [0.25, 0.3) is 0 Å². The molecule has 0 unspecified atom stereocenters. The number of nitrogens with zero attached hydrogens (tertiary/aromatic N) is 1. The van der Waals surface area contributed by atoms with Gasteiger partial charge in [0.05, 0.1) is 11.3 Å². The van der Waals surface area contributed by atoms with Gasteiger partial charge in [-0.05, 0) is 56.7 Å². The molecule has 6 heteroatoms. The maximum absolute atomic E-state index is 12.1. The van der Waals surface area contributed by atoms with Crippen molar-refractivity contribution in [3.05, 3.63) is 53.0 Å². The van der Waals surface area contributed by atoms with Gasteiger partial charge in [-0.15, -0.1) is 0 Å². The Labute approximate surface area is 134 Å². The van der Waals surface area contributed by atoms with Gasteiger partial charge < -0.3 is 9.15 Å². The summed E-state index contributed by atoms with van der Waals surface area (Å²) in [5, 5.41) is 4.08. The third-order valence-electron chi connectivity index (χ3n) is 3.14. The number of hydrazone groups is 1. The van der Waals surface area contributed by atoms with E-state index >= 15 is 0 Å². The molecule has 1 N–H and O–H groups in total. The van der Waals surface area contributed by atoms with E-state index < -0.39 is 0 Å². The highest BCUT2D eigenvalue weighted by Gasteiger charge is 2.12. The van der Waals surface area contributed by atoms with Crippen molar-refractivity contribution in [3.63, 3.8) is 0 Å². The van der Waals surface area contributed by atoms with Gasteiger partial charge in [-0.3, -0.25) is 9.59 Å².